The molecule has 0 aliphatic carbocycles. The van der Waals surface area contributed by atoms with Crippen LogP contribution in [-0.4, -0.2) is 33.2 Å². The second-order valence-corrected chi connectivity index (χ2v) is 1.45. The van der Waals surface area contributed by atoms with E-state index in [0.717, 1.165) is 5.32 Å². The Morgan fingerprint density at radius 3 is 1.80 bits per heavy atom. The van der Waals surface area contributed by atoms with Crippen molar-refractivity contribution in [2.75, 3.05) is 0 Å². The third-order valence-electron chi connectivity index (χ3n) is 0.505. The van der Waals surface area contributed by atoms with E-state index in [2.05, 4.69) is 5.73 Å². The van der Waals surface area contributed by atoms with Gasteiger partial charge in [-0.15, -0.1) is 0 Å². The largest absolute Gasteiger partial charge is 0.369 e. The summed E-state index contributed by atoms with van der Waals surface area (Å²) in [6, 6.07) is 0. The number of carbonyl (C=O) groups is 2. The minimum Gasteiger partial charge on any atom is -0.361 e. The Hall–Kier alpha value is -1.18. The Bertz CT molecular complexity index is 159. The van der Waals surface area contributed by atoms with Gasteiger partial charge in [-0.1, -0.05) is 0 Å². The van der Waals surface area contributed by atoms with Crippen LogP contribution in [0.5, 0.6) is 0 Å². The van der Waals surface area contributed by atoms with Gasteiger partial charge < -0.3 is 21.1 Å². The molecule has 0 spiro atoms. The van der Waals surface area contributed by atoms with Crippen LogP contribution in [-0.2, 0) is 9.59 Å². The monoisotopic (exact) mass is 150 g/mol. The molecular formula is C3H6N2O5. The second kappa shape index (κ2) is 2.60. The minimum absolute atomic E-state index is 1.07. The average molecular weight is 150 g/mol. The first-order valence-corrected chi connectivity index (χ1v) is 2.12. The molecule has 0 fully saturated rings. The molecule has 0 aliphatic heterocycles. The van der Waals surface area contributed by atoms with Gasteiger partial charge in [0.2, 0.25) is 0 Å². The van der Waals surface area contributed by atoms with Crippen molar-refractivity contribution in [2.45, 2.75) is 6.10 Å². The lowest BCUT2D eigenvalue weighted by Gasteiger charge is -2.12. The van der Waals surface area contributed by atoms with Gasteiger partial charge in [0.15, 0.2) is 0 Å². The fraction of sp³-hybridized carbons (Fsp3) is 0.333. The van der Waals surface area contributed by atoms with E-state index in [-0.39, 0.29) is 0 Å². The Labute approximate surface area is 55.1 Å². The Kier molecular flexibility index (Phi) is 2.30. The van der Waals surface area contributed by atoms with Crippen molar-refractivity contribution in [1.82, 2.24) is 5.32 Å². The van der Waals surface area contributed by atoms with Gasteiger partial charge in [-0.05, 0) is 0 Å². The number of nitrogens with two attached hydrogens (primary N) is 1. The van der Waals surface area contributed by atoms with Crippen LogP contribution < -0.4 is 11.1 Å². The first-order chi connectivity index (χ1) is 4.33. The number of hydrogen-bond acceptors (Lipinski definition) is 5. The third kappa shape index (κ3) is 3.78. The van der Waals surface area contributed by atoms with E-state index in [1.807, 2.05) is 0 Å². The zero-order valence-corrected chi connectivity index (χ0v) is 4.74. The van der Waals surface area contributed by atoms with Crippen molar-refractivity contribution < 1.29 is 24.9 Å². The first kappa shape index (κ1) is 8.82. The van der Waals surface area contributed by atoms with Crippen LogP contribution in [0.4, 0.5) is 0 Å². The Morgan fingerprint density at radius 2 is 1.70 bits per heavy atom. The fourth-order valence-corrected chi connectivity index (χ4v) is 0.214. The molecule has 0 aliphatic rings. The lowest BCUT2D eigenvalue weighted by Crippen LogP contribution is -2.52. The van der Waals surface area contributed by atoms with E-state index in [1.54, 1.807) is 0 Å². The predicted molar refractivity (Wildman–Crippen MR) is 26.7 cm³/mol. The second-order valence-electron chi connectivity index (χ2n) is 1.45. The van der Waals surface area contributed by atoms with Gasteiger partial charge >= 0.3 is 17.9 Å². The summed E-state index contributed by atoms with van der Waals surface area (Å²) in [6.07, 6.45) is -3.40. The molecule has 0 heterocycles. The molecule has 0 aromatic rings. The van der Waals surface area contributed by atoms with Crippen LogP contribution >= 0.6 is 0 Å². The van der Waals surface area contributed by atoms with Gasteiger partial charge in [0.05, 0.1) is 0 Å². The van der Waals surface area contributed by atoms with Crippen molar-refractivity contribution in [2.24, 2.45) is 5.73 Å². The summed E-state index contributed by atoms with van der Waals surface area (Å²) in [5.74, 6) is -2.92. The lowest BCUT2D eigenvalue weighted by atomic mass is 10.6. The van der Waals surface area contributed by atoms with Gasteiger partial charge in [-0.3, -0.25) is 14.9 Å². The van der Waals surface area contributed by atoms with Crippen molar-refractivity contribution in [3.05, 3.63) is 0 Å². The summed E-state index contributed by atoms with van der Waals surface area (Å²) in [6.45, 7) is 0. The van der Waals surface area contributed by atoms with Crippen molar-refractivity contribution >= 4 is 11.8 Å². The highest BCUT2D eigenvalue weighted by Gasteiger charge is 2.23. The molecule has 6 N–H and O–H groups in total. The summed E-state index contributed by atoms with van der Waals surface area (Å²) >= 11 is 0. The SMILES string of the molecule is NC(=O)C(=O)NC(O)(O)O. The van der Waals surface area contributed by atoms with Crippen LogP contribution in [0.1, 0.15) is 0 Å². The molecule has 7 heteroatoms. The lowest BCUT2D eigenvalue weighted by molar-refractivity contribution is -0.325. The van der Waals surface area contributed by atoms with Crippen LogP contribution in [0.15, 0.2) is 0 Å². The van der Waals surface area contributed by atoms with Crippen molar-refractivity contribution in [3.63, 3.8) is 0 Å². The minimum atomic E-state index is -3.40. The maximum atomic E-state index is 10.1. The topological polar surface area (TPSA) is 133 Å². The highest BCUT2D eigenvalue weighted by Crippen LogP contribution is 1.82. The van der Waals surface area contributed by atoms with E-state index in [9.17, 15) is 9.59 Å². The van der Waals surface area contributed by atoms with Gasteiger partial charge in [-0.2, -0.15) is 0 Å². The molecule has 0 aromatic heterocycles. The predicted octanol–water partition coefficient (Wildman–Crippen LogP) is -3.82. The molecule has 0 atom stereocenters. The van der Waals surface area contributed by atoms with E-state index >= 15 is 0 Å². The highest BCUT2D eigenvalue weighted by atomic mass is 16.7. The molecule has 7 nitrogen and oxygen atoms in total. The standard InChI is InChI=1S/C3H6N2O5/c4-1(6)2(7)5-3(8,9)10/h8-10H,(H2,4,6)(H,5,7). The van der Waals surface area contributed by atoms with Crippen LogP contribution in [0.2, 0.25) is 0 Å². The fourth-order valence-electron chi connectivity index (χ4n) is 0.214. The summed E-state index contributed by atoms with van der Waals surface area (Å²) in [7, 11) is 0. The molecule has 58 valence electrons. The Balaban J connectivity index is 3.93. The number of hydrogen-bond donors (Lipinski definition) is 5. The maximum absolute atomic E-state index is 10.1. The quantitative estimate of drug-likeness (QED) is 0.193. The van der Waals surface area contributed by atoms with Crippen LogP contribution in [0, 0.1) is 0 Å². The average Bonchev–Trinajstić information content (AvgIpc) is 1.60. The summed E-state index contributed by atoms with van der Waals surface area (Å²) in [5.41, 5.74) is 4.36. The highest BCUT2D eigenvalue weighted by molar-refractivity contribution is 6.34. The molecule has 0 radical (unpaired) electrons. The summed E-state index contributed by atoms with van der Waals surface area (Å²) < 4.78 is 0. The number of amides is 2. The summed E-state index contributed by atoms with van der Waals surface area (Å²) in [5, 5.41) is 25.1. The van der Waals surface area contributed by atoms with Crippen LogP contribution in [0.3, 0.4) is 0 Å². The van der Waals surface area contributed by atoms with Crippen molar-refractivity contribution in [3.8, 4) is 0 Å². The molecule has 10 heavy (non-hydrogen) atoms. The number of aliphatic hydroxyl groups is 3. The molecule has 0 saturated carbocycles. The molecular weight excluding hydrogens is 144 g/mol. The normalized spacial score (nSPS) is 10.7. The van der Waals surface area contributed by atoms with Gasteiger partial charge in [-0.25, -0.2) is 0 Å². The zero-order chi connectivity index (χ0) is 8.36. The number of primary amides is 1. The van der Waals surface area contributed by atoms with Gasteiger partial charge in [0, 0.05) is 0 Å². The van der Waals surface area contributed by atoms with E-state index in [1.165, 1.54) is 0 Å². The molecule has 0 bridgehead atoms. The van der Waals surface area contributed by atoms with E-state index in [0.29, 0.717) is 0 Å². The number of carbonyl (C=O) groups excluding carboxylic acids is 2. The zero-order valence-electron chi connectivity index (χ0n) is 4.74. The molecule has 0 unspecified atom stereocenters. The Morgan fingerprint density at radius 1 is 1.30 bits per heavy atom. The summed E-state index contributed by atoms with van der Waals surface area (Å²) in [4.78, 5) is 19.9. The molecule has 0 aromatic carbocycles. The van der Waals surface area contributed by atoms with Gasteiger partial charge in [0.25, 0.3) is 0 Å². The number of nitrogens with one attached hydrogen (secondary N) is 1. The van der Waals surface area contributed by atoms with Gasteiger partial charge in [0.1, 0.15) is 0 Å². The smallest absolute Gasteiger partial charge is 0.361 e. The maximum Gasteiger partial charge on any atom is 0.369 e. The van der Waals surface area contributed by atoms with E-state index in [4.69, 9.17) is 15.3 Å². The van der Waals surface area contributed by atoms with Crippen molar-refractivity contribution in [1.29, 1.82) is 0 Å². The third-order valence-corrected chi connectivity index (χ3v) is 0.505. The molecule has 0 rings (SSSR count). The molecule has 2 amide bonds. The first-order valence-electron chi connectivity index (χ1n) is 2.12. The van der Waals surface area contributed by atoms with Crippen LogP contribution in [0.25, 0.3) is 0 Å². The number of rotatable bonds is 1. The molecule has 0 saturated heterocycles. The van der Waals surface area contributed by atoms with E-state index < -0.39 is 17.9 Å².